The molecule has 2 N–H and O–H groups in total. The van der Waals surface area contributed by atoms with Crippen molar-refractivity contribution in [1.29, 1.82) is 0 Å². The predicted octanol–water partition coefficient (Wildman–Crippen LogP) is 1.72. The molecule has 1 aromatic rings. The summed E-state index contributed by atoms with van der Waals surface area (Å²) in [4.78, 5) is 0. The molecule has 0 atom stereocenters. The number of hydrogen-bond donors (Lipinski definition) is 2. The van der Waals surface area contributed by atoms with Crippen molar-refractivity contribution in [3.8, 4) is 0 Å². The van der Waals surface area contributed by atoms with Gasteiger partial charge in [0, 0.05) is 25.2 Å². The number of hydrogen-bond acceptors (Lipinski definition) is 4. The summed E-state index contributed by atoms with van der Waals surface area (Å²) in [5.41, 5.74) is 0.922. The normalized spacial score (nSPS) is 20.3. The quantitative estimate of drug-likeness (QED) is 0.867. The molecule has 21 heavy (non-hydrogen) atoms. The highest BCUT2D eigenvalue weighted by atomic mass is 32.2. The van der Waals surface area contributed by atoms with E-state index in [0.717, 1.165) is 25.8 Å². The van der Waals surface area contributed by atoms with E-state index in [1.54, 1.807) is 10.5 Å². The van der Waals surface area contributed by atoms with E-state index >= 15 is 0 Å². The molecule has 0 aliphatic carbocycles. The van der Waals surface area contributed by atoms with Crippen molar-refractivity contribution < 1.29 is 8.42 Å². The summed E-state index contributed by atoms with van der Waals surface area (Å²) in [7, 11) is -3.48. The van der Waals surface area contributed by atoms with E-state index < -0.39 is 10.0 Å². The molecule has 0 amide bonds. The number of rotatable bonds is 5. The molecule has 0 unspecified atom stereocenters. The molecule has 2 rings (SSSR count). The summed E-state index contributed by atoms with van der Waals surface area (Å²) in [5, 5.41) is 9.98. The van der Waals surface area contributed by atoms with Crippen molar-refractivity contribution in [2.45, 2.75) is 51.6 Å². The van der Waals surface area contributed by atoms with Gasteiger partial charge in [0.05, 0.1) is 6.20 Å². The molecule has 0 saturated carbocycles. The van der Waals surface area contributed by atoms with Crippen LogP contribution in [0.4, 0.5) is 0 Å². The first-order chi connectivity index (χ1) is 9.87. The van der Waals surface area contributed by atoms with Gasteiger partial charge in [-0.15, -0.1) is 0 Å². The zero-order chi connectivity index (χ0) is 15.5. The fourth-order valence-electron chi connectivity index (χ4n) is 2.68. The number of sulfonamides is 1. The van der Waals surface area contributed by atoms with E-state index in [0.29, 0.717) is 25.2 Å². The first kappa shape index (κ1) is 16.5. The van der Waals surface area contributed by atoms with Crippen LogP contribution in [0.15, 0.2) is 11.2 Å². The van der Waals surface area contributed by atoms with E-state index in [2.05, 4.69) is 29.4 Å². The van der Waals surface area contributed by atoms with Gasteiger partial charge >= 0.3 is 0 Å². The van der Waals surface area contributed by atoms with Gasteiger partial charge in [-0.1, -0.05) is 20.8 Å². The van der Waals surface area contributed by atoms with Crippen LogP contribution in [0.25, 0.3) is 0 Å². The van der Waals surface area contributed by atoms with Gasteiger partial charge < -0.3 is 5.32 Å². The fourth-order valence-corrected chi connectivity index (χ4v) is 4.26. The summed E-state index contributed by atoms with van der Waals surface area (Å²) < 4.78 is 27.2. The molecule has 7 heteroatoms. The first-order valence-electron chi connectivity index (χ1n) is 7.60. The molecule has 1 saturated heterocycles. The first-order valence-corrected chi connectivity index (χ1v) is 9.04. The predicted molar refractivity (Wildman–Crippen MR) is 82.4 cm³/mol. The van der Waals surface area contributed by atoms with Gasteiger partial charge in [-0.3, -0.25) is 5.10 Å². The summed E-state index contributed by atoms with van der Waals surface area (Å²) in [6.45, 7) is 8.88. The lowest BCUT2D eigenvalue weighted by molar-refractivity contribution is 0.314. The highest BCUT2D eigenvalue weighted by molar-refractivity contribution is 7.89. The van der Waals surface area contributed by atoms with Crippen molar-refractivity contribution in [1.82, 2.24) is 19.8 Å². The molecule has 1 aliphatic rings. The zero-order valence-electron chi connectivity index (χ0n) is 13.1. The van der Waals surface area contributed by atoms with Crippen molar-refractivity contribution >= 4 is 10.0 Å². The molecule has 6 nitrogen and oxygen atoms in total. The molecular formula is C14H26N4O2S. The van der Waals surface area contributed by atoms with Gasteiger partial charge in [0.25, 0.3) is 10.0 Å². The summed E-state index contributed by atoms with van der Waals surface area (Å²) in [5.74, 6) is 0. The maximum Gasteiger partial charge on any atom is 0.260 e. The number of nitrogens with zero attached hydrogens (tertiary/aromatic N) is 2. The Hall–Kier alpha value is -0.920. The van der Waals surface area contributed by atoms with Crippen LogP contribution in [0.5, 0.6) is 0 Å². The highest BCUT2D eigenvalue weighted by Gasteiger charge is 2.32. The lowest BCUT2D eigenvalue weighted by Crippen LogP contribution is -2.33. The Morgan fingerprint density at radius 2 is 2.14 bits per heavy atom. The molecule has 120 valence electrons. The van der Waals surface area contributed by atoms with Crippen LogP contribution in [-0.2, 0) is 16.6 Å². The smallest absolute Gasteiger partial charge is 0.260 e. The second-order valence-electron chi connectivity index (χ2n) is 6.43. The molecule has 0 bridgehead atoms. The van der Waals surface area contributed by atoms with Crippen molar-refractivity contribution in [2.24, 2.45) is 5.41 Å². The van der Waals surface area contributed by atoms with E-state index in [1.807, 2.05) is 6.92 Å². The second-order valence-corrected chi connectivity index (χ2v) is 8.30. The van der Waals surface area contributed by atoms with Crippen LogP contribution in [0.1, 0.15) is 45.6 Å². The summed E-state index contributed by atoms with van der Waals surface area (Å²) in [6.07, 6.45) is 4.45. The molecule has 0 spiro atoms. The third-order valence-corrected chi connectivity index (χ3v) is 6.05. The number of aromatic amines is 1. The fraction of sp³-hybridized carbons (Fsp3) is 0.786. The Balaban J connectivity index is 2.20. The maximum atomic E-state index is 12.8. The van der Waals surface area contributed by atoms with Crippen LogP contribution >= 0.6 is 0 Å². The Morgan fingerprint density at radius 3 is 2.86 bits per heavy atom. The van der Waals surface area contributed by atoms with Crippen LogP contribution in [0.3, 0.4) is 0 Å². The van der Waals surface area contributed by atoms with Crippen LogP contribution in [0.2, 0.25) is 0 Å². The maximum absolute atomic E-state index is 12.8. The standard InChI is InChI=1S/C14H26N4O2S/c1-4-15-10-12-11-16-17-13(12)21(19,20)18-8-5-6-14(2,3)7-9-18/h11,15H,4-10H2,1-3H3,(H,16,17). The number of nitrogens with one attached hydrogen (secondary N) is 2. The average Bonchev–Trinajstić information content (AvgIpc) is 2.81. The molecular weight excluding hydrogens is 288 g/mol. The molecule has 0 aromatic carbocycles. The van der Waals surface area contributed by atoms with Crippen LogP contribution < -0.4 is 5.32 Å². The molecule has 1 aromatic heterocycles. The highest BCUT2D eigenvalue weighted by Crippen LogP contribution is 2.31. The zero-order valence-corrected chi connectivity index (χ0v) is 14.0. The Labute approximate surface area is 127 Å². The summed E-state index contributed by atoms with van der Waals surface area (Å²) >= 11 is 0. The Kier molecular flexibility index (Phi) is 5.06. The Morgan fingerprint density at radius 1 is 1.38 bits per heavy atom. The SMILES string of the molecule is CCNCc1cn[nH]c1S(=O)(=O)N1CCCC(C)(C)CC1. The minimum absolute atomic E-state index is 0.213. The average molecular weight is 314 g/mol. The Bertz CT molecular complexity index is 565. The molecule has 1 aliphatic heterocycles. The lowest BCUT2D eigenvalue weighted by atomic mass is 9.85. The number of aromatic nitrogens is 2. The van der Waals surface area contributed by atoms with Crippen LogP contribution in [0, 0.1) is 5.41 Å². The van der Waals surface area contributed by atoms with E-state index in [1.165, 1.54) is 0 Å². The van der Waals surface area contributed by atoms with E-state index in [4.69, 9.17) is 0 Å². The van der Waals surface area contributed by atoms with Gasteiger partial charge in [0.1, 0.15) is 0 Å². The second kappa shape index (κ2) is 6.46. The lowest BCUT2D eigenvalue weighted by Gasteiger charge is -2.23. The van der Waals surface area contributed by atoms with E-state index in [9.17, 15) is 8.42 Å². The van der Waals surface area contributed by atoms with Crippen LogP contribution in [-0.4, -0.2) is 42.6 Å². The molecule has 2 heterocycles. The topological polar surface area (TPSA) is 78.1 Å². The summed E-state index contributed by atoms with van der Waals surface area (Å²) in [6, 6.07) is 0. The largest absolute Gasteiger partial charge is 0.313 e. The van der Waals surface area contributed by atoms with Crippen molar-refractivity contribution in [3.63, 3.8) is 0 Å². The van der Waals surface area contributed by atoms with Gasteiger partial charge in [-0.2, -0.15) is 9.40 Å². The minimum Gasteiger partial charge on any atom is -0.313 e. The van der Waals surface area contributed by atoms with Crippen molar-refractivity contribution in [3.05, 3.63) is 11.8 Å². The van der Waals surface area contributed by atoms with E-state index in [-0.39, 0.29) is 10.4 Å². The third-order valence-electron chi connectivity index (χ3n) is 4.14. The van der Waals surface area contributed by atoms with Gasteiger partial charge in [0.15, 0.2) is 5.03 Å². The van der Waals surface area contributed by atoms with Crippen molar-refractivity contribution in [2.75, 3.05) is 19.6 Å². The molecule has 0 radical (unpaired) electrons. The third kappa shape index (κ3) is 3.84. The van der Waals surface area contributed by atoms with Gasteiger partial charge in [-0.25, -0.2) is 8.42 Å². The van der Waals surface area contributed by atoms with Gasteiger partial charge in [-0.05, 0) is 31.2 Å². The molecule has 1 fully saturated rings. The number of H-pyrrole nitrogens is 1. The van der Waals surface area contributed by atoms with Gasteiger partial charge in [0.2, 0.25) is 0 Å². The minimum atomic E-state index is -3.48. The monoisotopic (exact) mass is 314 g/mol.